The number of nitrogens with one attached hydrogen (secondary N) is 2. The highest BCUT2D eigenvalue weighted by Gasteiger charge is 2.04. The van der Waals surface area contributed by atoms with Crippen molar-refractivity contribution in [2.24, 2.45) is 12.0 Å². The van der Waals surface area contributed by atoms with Crippen LogP contribution < -0.4 is 15.5 Å². The minimum absolute atomic E-state index is 0. The van der Waals surface area contributed by atoms with Gasteiger partial charge in [0, 0.05) is 28.2 Å². The maximum Gasteiger partial charge on any atom is 0.191 e. The normalized spacial score (nSPS) is 10.9. The summed E-state index contributed by atoms with van der Waals surface area (Å²) >= 11 is 0. The van der Waals surface area contributed by atoms with Crippen LogP contribution in [0, 0.1) is 0 Å². The molecule has 2 aromatic heterocycles. The highest BCUT2D eigenvalue weighted by atomic mass is 127. The summed E-state index contributed by atoms with van der Waals surface area (Å²) in [5, 5.41) is 10.5. The molecule has 0 aliphatic heterocycles. The third-order valence-corrected chi connectivity index (χ3v) is 3.13. The number of anilines is 1. The van der Waals surface area contributed by atoms with Crippen molar-refractivity contribution in [1.82, 2.24) is 30.4 Å². The predicted molar refractivity (Wildman–Crippen MR) is 102 cm³/mol. The summed E-state index contributed by atoms with van der Waals surface area (Å²) in [7, 11) is 7.54. The summed E-state index contributed by atoms with van der Waals surface area (Å²) in [6.45, 7) is 1.15. The molecule has 0 fully saturated rings. The van der Waals surface area contributed by atoms with Crippen LogP contribution in [-0.4, -0.2) is 46.9 Å². The maximum atomic E-state index is 4.56. The van der Waals surface area contributed by atoms with E-state index in [1.807, 2.05) is 44.2 Å². The molecule has 0 atom stereocenters. The first-order chi connectivity index (χ1) is 10.6. The van der Waals surface area contributed by atoms with Crippen LogP contribution in [0.15, 0.2) is 29.5 Å². The summed E-state index contributed by atoms with van der Waals surface area (Å²) in [6, 6.07) is 5.95. The van der Waals surface area contributed by atoms with Crippen molar-refractivity contribution in [2.45, 2.75) is 13.1 Å². The Morgan fingerprint density at radius 1 is 1.26 bits per heavy atom. The van der Waals surface area contributed by atoms with Crippen molar-refractivity contribution in [1.29, 1.82) is 0 Å². The Labute approximate surface area is 153 Å². The van der Waals surface area contributed by atoms with Crippen LogP contribution in [0.1, 0.15) is 11.5 Å². The molecule has 0 amide bonds. The van der Waals surface area contributed by atoms with Crippen LogP contribution in [0.5, 0.6) is 0 Å². The third-order valence-electron chi connectivity index (χ3n) is 3.13. The smallest absolute Gasteiger partial charge is 0.191 e. The van der Waals surface area contributed by atoms with Crippen molar-refractivity contribution in [3.63, 3.8) is 0 Å². The van der Waals surface area contributed by atoms with Crippen LogP contribution in [0.4, 0.5) is 5.82 Å². The van der Waals surface area contributed by atoms with E-state index in [-0.39, 0.29) is 24.0 Å². The number of rotatable bonds is 5. The van der Waals surface area contributed by atoms with Crippen LogP contribution in [0.2, 0.25) is 0 Å². The first-order valence-corrected chi connectivity index (χ1v) is 7.01. The fraction of sp³-hybridized carbons (Fsp3) is 0.429. The summed E-state index contributed by atoms with van der Waals surface area (Å²) in [4.78, 5) is 14.9. The third kappa shape index (κ3) is 5.66. The SMILES string of the molecule is CN=C(NCc1cccc(N(C)C)n1)NCc1ncnn1C.I. The van der Waals surface area contributed by atoms with Gasteiger partial charge in [-0.1, -0.05) is 6.07 Å². The van der Waals surface area contributed by atoms with Gasteiger partial charge in [-0.3, -0.25) is 9.67 Å². The summed E-state index contributed by atoms with van der Waals surface area (Å²) in [6.07, 6.45) is 1.53. The molecule has 23 heavy (non-hydrogen) atoms. The molecule has 0 bridgehead atoms. The van der Waals surface area contributed by atoms with Gasteiger partial charge in [0.1, 0.15) is 18.0 Å². The standard InChI is InChI=1S/C14H22N8.HI/c1-15-14(17-9-13-18-10-19-22(13)4)16-8-11-6-5-7-12(20-11)21(2)3;/h5-7,10H,8-9H2,1-4H3,(H2,15,16,17);1H. The molecule has 0 radical (unpaired) electrons. The van der Waals surface area contributed by atoms with Crippen molar-refractivity contribution >= 4 is 35.8 Å². The zero-order valence-corrected chi connectivity index (χ0v) is 16.1. The molecule has 2 heterocycles. The van der Waals surface area contributed by atoms with E-state index in [9.17, 15) is 0 Å². The lowest BCUT2D eigenvalue weighted by Crippen LogP contribution is -2.37. The Morgan fingerprint density at radius 3 is 2.61 bits per heavy atom. The molecule has 2 aromatic rings. The number of aryl methyl sites for hydroxylation is 1. The van der Waals surface area contributed by atoms with E-state index in [0.29, 0.717) is 19.0 Å². The Hall–Kier alpha value is -1.91. The molecular formula is C14H23IN8. The summed E-state index contributed by atoms with van der Waals surface area (Å²) in [5.74, 6) is 2.47. The molecular weight excluding hydrogens is 407 g/mol. The minimum atomic E-state index is 0. The minimum Gasteiger partial charge on any atom is -0.363 e. The molecule has 0 spiro atoms. The van der Waals surface area contributed by atoms with Crippen molar-refractivity contribution in [3.05, 3.63) is 36.0 Å². The Morgan fingerprint density at radius 2 is 2.00 bits per heavy atom. The second kappa shape index (κ2) is 9.28. The van der Waals surface area contributed by atoms with E-state index in [1.54, 1.807) is 11.7 Å². The zero-order valence-electron chi connectivity index (χ0n) is 13.8. The molecule has 0 aliphatic carbocycles. The average Bonchev–Trinajstić information content (AvgIpc) is 2.93. The van der Waals surface area contributed by atoms with Gasteiger partial charge in [0.05, 0.1) is 18.8 Å². The monoisotopic (exact) mass is 430 g/mol. The van der Waals surface area contributed by atoms with E-state index in [2.05, 4.69) is 30.7 Å². The number of hydrogen-bond acceptors (Lipinski definition) is 5. The molecule has 2 N–H and O–H groups in total. The Balaban J connectivity index is 0.00000264. The highest BCUT2D eigenvalue weighted by molar-refractivity contribution is 14.0. The van der Waals surface area contributed by atoms with E-state index in [1.165, 1.54) is 6.33 Å². The van der Waals surface area contributed by atoms with Gasteiger partial charge in [-0.2, -0.15) is 5.10 Å². The summed E-state index contributed by atoms with van der Waals surface area (Å²) < 4.78 is 1.72. The van der Waals surface area contributed by atoms with E-state index in [4.69, 9.17) is 0 Å². The first-order valence-electron chi connectivity index (χ1n) is 7.01. The van der Waals surface area contributed by atoms with Gasteiger partial charge in [-0.15, -0.1) is 24.0 Å². The molecule has 0 saturated heterocycles. The molecule has 0 saturated carbocycles. The average molecular weight is 430 g/mol. The quantitative estimate of drug-likeness (QED) is 0.414. The van der Waals surface area contributed by atoms with Crippen LogP contribution >= 0.6 is 24.0 Å². The van der Waals surface area contributed by atoms with Crippen LogP contribution in [-0.2, 0) is 20.1 Å². The lowest BCUT2D eigenvalue weighted by atomic mass is 10.3. The van der Waals surface area contributed by atoms with Gasteiger partial charge in [0.25, 0.3) is 0 Å². The predicted octanol–water partition coefficient (Wildman–Crippen LogP) is 0.759. The van der Waals surface area contributed by atoms with Crippen LogP contribution in [0.3, 0.4) is 0 Å². The fourth-order valence-corrected chi connectivity index (χ4v) is 1.85. The molecule has 0 aliphatic rings. The van der Waals surface area contributed by atoms with Crippen molar-refractivity contribution < 1.29 is 0 Å². The van der Waals surface area contributed by atoms with Gasteiger partial charge in [-0.25, -0.2) is 9.97 Å². The number of pyridine rings is 1. The number of guanidine groups is 1. The van der Waals surface area contributed by atoms with Crippen molar-refractivity contribution in [3.8, 4) is 0 Å². The van der Waals surface area contributed by atoms with E-state index in [0.717, 1.165) is 17.3 Å². The number of aliphatic imine (C=N–C) groups is 1. The Bertz CT molecular complexity index is 637. The zero-order chi connectivity index (χ0) is 15.9. The first kappa shape index (κ1) is 19.1. The number of halogens is 1. The van der Waals surface area contributed by atoms with Crippen LogP contribution in [0.25, 0.3) is 0 Å². The highest BCUT2D eigenvalue weighted by Crippen LogP contribution is 2.07. The second-order valence-electron chi connectivity index (χ2n) is 4.96. The Kier molecular flexibility index (Phi) is 7.72. The summed E-state index contributed by atoms with van der Waals surface area (Å²) in [5.41, 5.74) is 0.952. The topological polar surface area (TPSA) is 83.3 Å². The number of nitrogens with zero attached hydrogens (tertiary/aromatic N) is 6. The maximum absolute atomic E-state index is 4.56. The molecule has 126 valence electrons. The van der Waals surface area contributed by atoms with Gasteiger partial charge in [0.15, 0.2) is 5.96 Å². The lowest BCUT2D eigenvalue weighted by molar-refractivity contribution is 0.672. The molecule has 0 unspecified atom stereocenters. The van der Waals surface area contributed by atoms with Gasteiger partial charge < -0.3 is 15.5 Å². The van der Waals surface area contributed by atoms with E-state index < -0.39 is 0 Å². The van der Waals surface area contributed by atoms with Gasteiger partial charge >= 0.3 is 0 Å². The molecule has 8 nitrogen and oxygen atoms in total. The van der Waals surface area contributed by atoms with E-state index >= 15 is 0 Å². The number of aromatic nitrogens is 4. The molecule has 2 rings (SSSR count). The van der Waals surface area contributed by atoms with Gasteiger partial charge in [-0.05, 0) is 12.1 Å². The molecule has 9 heteroatoms. The second-order valence-corrected chi connectivity index (χ2v) is 4.96. The van der Waals surface area contributed by atoms with Crippen molar-refractivity contribution in [2.75, 3.05) is 26.0 Å². The fourth-order valence-electron chi connectivity index (χ4n) is 1.85. The van der Waals surface area contributed by atoms with Gasteiger partial charge in [0.2, 0.25) is 0 Å². The number of hydrogen-bond donors (Lipinski definition) is 2. The largest absolute Gasteiger partial charge is 0.363 e. The molecule has 0 aromatic carbocycles. The lowest BCUT2D eigenvalue weighted by Gasteiger charge is -2.14.